The number of benzene rings is 1. The zero-order valence-electron chi connectivity index (χ0n) is 15.2. The van der Waals surface area contributed by atoms with Crippen molar-refractivity contribution in [1.82, 2.24) is 19.2 Å². The lowest BCUT2D eigenvalue weighted by molar-refractivity contribution is 0.512. The summed E-state index contributed by atoms with van der Waals surface area (Å²) in [6.45, 7) is 9.14. The molecule has 2 aromatic heterocycles. The second kappa shape index (κ2) is 7.44. The number of hydrogen-bond acceptors (Lipinski definition) is 4. The van der Waals surface area contributed by atoms with Gasteiger partial charge in [0, 0.05) is 12.3 Å². The summed E-state index contributed by atoms with van der Waals surface area (Å²) in [5.41, 5.74) is 2.16. The third-order valence-corrected chi connectivity index (χ3v) is 4.97. The Morgan fingerprint density at radius 3 is 2.72 bits per heavy atom. The average molecular weight is 356 g/mol. The van der Waals surface area contributed by atoms with Crippen LogP contribution >= 0.6 is 11.8 Å². The lowest BCUT2D eigenvalue weighted by Gasteiger charge is -2.12. The van der Waals surface area contributed by atoms with Crippen LogP contribution in [0.25, 0.3) is 16.7 Å². The number of thioether (sulfide) groups is 1. The molecule has 1 aromatic carbocycles. The Balaban J connectivity index is 2.18. The molecule has 132 valence electrons. The predicted octanol–water partition coefficient (Wildman–Crippen LogP) is 4.15. The molecule has 0 atom stereocenters. The van der Waals surface area contributed by atoms with E-state index < -0.39 is 0 Å². The highest BCUT2D eigenvalue weighted by Crippen LogP contribution is 2.22. The number of aryl methyl sites for hydroxylation is 1. The van der Waals surface area contributed by atoms with Gasteiger partial charge in [-0.1, -0.05) is 49.4 Å². The van der Waals surface area contributed by atoms with E-state index >= 15 is 0 Å². The smallest absolute Gasteiger partial charge is 0.262 e. The van der Waals surface area contributed by atoms with Gasteiger partial charge in [0.1, 0.15) is 0 Å². The van der Waals surface area contributed by atoms with Gasteiger partial charge >= 0.3 is 0 Å². The van der Waals surface area contributed by atoms with Crippen molar-refractivity contribution in [1.29, 1.82) is 0 Å². The standard InChI is InChI=1S/C19H24N4OS/c1-13(2)9-11-22-17(24)15-7-5-6-8-16(15)23-18(22)20-21-19(23)25-12-10-14(3)4/h5-8,10,13H,9,11-12H2,1-4H3. The number of nitrogens with zero attached hydrogens (tertiary/aromatic N) is 4. The van der Waals surface area contributed by atoms with Gasteiger partial charge in [-0.15, -0.1) is 10.2 Å². The van der Waals surface area contributed by atoms with Crippen molar-refractivity contribution in [2.45, 2.75) is 45.8 Å². The van der Waals surface area contributed by atoms with E-state index in [1.165, 1.54) is 5.57 Å². The van der Waals surface area contributed by atoms with Crippen molar-refractivity contribution in [2.24, 2.45) is 5.92 Å². The third kappa shape index (κ3) is 3.63. The molecule has 0 fully saturated rings. The Bertz CT molecular complexity index is 980. The molecule has 0 saturated carbocycles. The summed E-state index contributed by atoms with van der Waals surface area (Å²) in [5, 5.41) is 10.2. The molecule has 6 heteroatoms. The van der Waals surface area contributed by atoms with Gasteiger partial charge in [0.25, 0.3) is 5.56 Å². The SMILES string of the molecule is CC(C)=CCSc1nnc2n(CCC(C)C)c(=O)c3ccccc3n12. The Hall–Kier alpha value is -2.08. The molecule has 0 spiro atoms. The maximum atomic E-state index is 12.9. The number of fused-ring (bicyclic) bond motifs is 3. The summed E-state index contributed by atoms with van der Waals surface area (Å²) in [6, 6.07) is 7.70. The van der Waals surface area contributed by atoms with Crippen LogP contribution in [-0.2, 0) is 6.54 Å². The van der Waals surface area contributed by atoms with Crippen molar-refractivity contribution >= 4 is 28.4 Å². The molecule has 25 heavy (non-hydrogen) atoms. The highest BCUT2D eigenvalue weighted by Gasteiger charge is 2.16. The third-order valence-electron chi connectivity index (χ3n) is 4.11. The van der Waals surface area contributed by atoms with Gasteiger partial charge in [0.15, 0.2) is 5.16 Å². The topological polar surface area (TPSA) is 52.2 Å². The van der Waals surface area contributed by atoms with Crippen LogP contribution in [-0.4, -0.2) is 24.9 Å². The summed E-state index contributed by atoms with van der Waals surface area (Å²) in [4.78, 5) is 12.9. The molecular weight excluding hydrogens is 332 g/mol. The van der Waals surface area contributed by atoms with Gasteiger partial charge < -0.3 is 0 Å². The molecule has 0 unspecified atom stereocenters. The number of para-hydroxylation sites is 1. The summed E-state index contributed by atoms with van der Waals surface area (Å²) in [5.74, 6) is 1.99. The quantitative estimate of drug-likeness (QED) is 0.492. The van der Waals surface area contributed by atoms with Gasteiger partial charge in [-0.3, -0.25) is 13.8 Å². The number of aromatic nitrogens is 4. The van der Waals surface area contributed by atoms with E-state index in [4.69, 9.17) is 0 Å². The first kappa shape index (κ1) is 17.7. The minimum atomic E-state index is 0.0111. The Morgan fingerprint density at radius 2 is 2.00 bits per heavy atom. The molecule has 3 aromatic rings. The van der Waals surface area contributed by atoms with Crippen LogP contribution in [0.2, 0.25) is 0 Å². The van der Waals surface area contributed by atoms with Crippen LogP contribution in [0.1, 0.15) is 34.1 Å². The normalized spacial score (nSPS) is 11.6. The highest BCUT2D eigenvalue weighted by atomic mass is 32.2. The van der Waals surface area contributed by atoms with Crippen molar-refractivity contribution in [3.63, 3.8) is 0 Å². The monoisotopic (exact) mass is 356 g/mol. The number of rotatable bonds is 6. The maximum absolute atomic E-state index is 12.9. The maximum Gasteiger partial charge on any atom is 0.262 e. The van der Waals surface area contributed by atoms with Crippen LogP contribution in [0.3, 0.4) is 0 Å². The fourth-order valence-electron chi connectivity index (χ4n) is 2.70. The summed E-state index contributed by atoms with van der Waals surface area (Å²) >= 11 is 1.64. The van der Waals surface area contributed by atoms with Crippen LogP contribution in [0.15, 0.2) is 45.9 Å². The van der Waals surface area contributed by atoms with Crippen LogP contribution in [0, 0.1) is 5.92 Å². The van der Waals surface area contributed by atoms with Gasteiger partial charge in [-0.25, -0.2) is 0 Å². The van der Waals surface area contributed by atoms with Crippen molar-refractivity contribution in [2.75, 3.05) is 5.75 Å². The first-order valence-electron chi connectivity index (χ1n) is 8.62. The van der Waals surface area contributed by atoms with Gasteiger partial charge in [0.05, 0.1) is 10.9 Å². The Kier molecular flexibility index (Phi) is 5.27. The van der Waals surface area contributed by atoms with Crippen LogP contribution < -0.4 is 5.56 Å². The van der Waals surface area contributed by atoms with E-state index in [1.807, 2.05) is 28.7 Å². The van der Waals surface area contributed by atoms with E-state index in [1.54, 1.807) is 16.3 Å². The van der Waals surface area contributed by atoms with E-state index in [-0.39, 0.29) is 5.56 Å². The fraction of sp³-hybridized carbons (Fsp3) is 0.421. The molecule has 0 amide bonds. The molecule has 0 saturated heterocycles. The first-order valence-corrected chi connectivity index (χ1v) is 9.60. The zero-order chi connectivity index (χ0) is 18.0. The molecule has 2 heterocycles. The van der Waals surface area contributed by atoms with Crippen molar-refractivity contribution < 1.29 is 0 Å². The van der Waals surface area contributed by atoms with Gasteiger partial charge in [0.2, 0.25) is 5.78 Å². The highest BCUT2D eigenvalue weighted by molar-refractivity contribution is 7.99. The Labute approximate surface area is 151 Å². The number of hydrogen-bond donors (Lipinski definition) is 0. The van der Waals surface area contributed by atoms with Gasteiger partial charge in [-0.2, -0.15) is 0 Å². The van der Waals surface area contributed by atoms with E-state index in [0.29, 0.717) is 23.6 Å². The second-order valence-corrected chi connectivity index (χ2v) is 7.85. The van der Waals surface area contributed by atoms with Crippen molar-refractivity contribution in [3.05, 3.63) is 46.3 Å². The summed E-state index contributed by atoms with van der Waals surface area (Å²) in [7, 11) is 0. The Morgan fingerprint density at radius 1 is 1.24 bits per heavy atom. The first-order chi connectivity index (χ1) is 12.0. The minimum Gasteiger partial charge on any atom is -0.276 e. The summed E-state index contributed by atoms with van der Waals surface area (Å²) < 4.78 is 3.78. The van der Waals surface area contributed by atoms with E-state index in [9.17, 15) is 4.79 Å². The average Bonchev–Trinajstić information content (AvgIpc) is 2.98. The molecule has 5 nitrogen and oxygen atoms in total. The molecule has 0 radical (unpaired) electrons. The largest absolute Gasteiger partial charge is 0.276 e. The summed E-state index contributed by atoms with van der Waals surface area (Å²) in [6.07, 6.45) is 3.10. The second-order valence-electron chi connectivity index (χ2n) is 6.87. The fourth-order valence-corrected chi connectivity index (χ4v) is 3.67. The molecule has 0 N–H and O–H groups in total. The van der Waals surface area contributed by atoms with Gasteiger partial charge in [-0.05, 0) is 38.3 Å². The molecule has 3 rings (SSSR count). The van der Waals surface area contributed by atoms with Crippen molar-refractivity contribution in [3.8, 4) is 0 Å². The predicted molar refractivity (Wildman–Crippen MR) is 104 cm³/mol. The lowest BCUT2D eigenvalue weighted by Crippen LogP contribution is -2.24. The van der Waals surface area contributed by atoms with Crippen LogP contribution in [0.4, 0.5) is 0 Å². The molecule has 0 bridgehead atoms. The van der Waals surface area contributed by atoms with Crippen LogP contribution in [0.5, 0.6) is 0 Å². The van der Waals surface area contributed by atoms with E-state index in [0.717, 1.165) is 22.8 Å². The molecular formula is C19H24N4OS. The minimum absolute atomic E-state index is 0.0111. The lowest BCUT2D eigenvalue weighted by atomic mass is 10.1. The molecule has 0 aliphatic heterocycles. The van der Waals surface area contributed by atoms with E-state index in [2.05, 4.69) is 44.0 Å². The zero-order valence-corrected chi connectivity index (χ0v) is 16.0. The molecule has 0 aliphatic rings. The molecule has 0 aliphatic carbocycles. The number of allylic oxidation sites excluding steroid dienone is 1.